The van der Waals surface area contributed by atoms with Crippen molar-refractivity contribution in [2.45, 2.75) is 60.2 Å². The third-order valence-corrected chi connectivity index (χ3v) is 3.84. The molecule has 2 atom stereocenters. The van der Waals surface area contributed by atoms with Crippen LogP contribution in [0, 0.1) is 11.8 Å². The van der Waals surface area contributed by atoms with Crippen LogP contribution in [0.3, 0.4) is 0 Å². The van der Waals surface area contributed by atoms with Crippen LogP contribution >= 0.6 is 0 Å². The lowest BCUT2D eigenvalue weighted by Gasteiger charge is -2.23. The molecule has 1 aromatic carbocycles. The van der Waals surface area contributed by atoms with Crippen molar-refractivity contribution in [3.63, 3.8) is 0 Å². The molecule has 0 N–H and O–H groups in total. The molecule has 4 heteroatoms. The molecule has 0 aliphatic carbocycles. The topological polar surface area (TPSA) is 52.6 Å². The molecule has 1 aromatic rings. The lowest BCUT2D eigenvalue weighted by molar-refractivity contribution is 0.00668. The van der Waals surface area contributed by atoms with Gasteiger partial charge in [0.15, 0.2) is 0 Å². The molecule has 0 amide bonds. The predicted molar refractivity (Wildman–Crippen MR) is 90.5 cm³/mol. The van der Waals surface area contributed by atoms with Gasteiger partial charge in [-0.3, -0.25) is 0 Å². The number of benzene rings is 1. The fourth-order valence-corrected chi connectivity index (χ4v) is 1.97. The average molecular weight is 320 g/mol. The van der Waals surface area contributed by atoms with Gasteiger partial charge in [0.1, 0.15) is 11.7 Å². The molecule has 0 spiro atoms. The molecular formula is C19H28O4. The number of carbonyl (C=O) groups is 2. The first-order valence-corrected chi connectivity index (χ1v) is 8.05. The van der Waals surface area contributed by atoms with Crippen molar-refractivity contribution in [1.29, 1.82) is 0 Å². The number of ether oxygens (including phenoxy) is 2. The minimum atomic E-state index is -0.545. The second kappa shape index (κ2) is 7.62. The van der Waals surface area contributed by atoms with Crippen LogP contribution < -0.4 is 0 Å². The van der Waals surface area contributed by atoms with E-state index in [1.807, 2.05) is 27.7 Å². The van der Waals surface area contributed by atoms with Crippen molar-refractivity contribution in [2.24, 2.45) is 11.8 Å². The smallest absolute Gasteiger partial charge is 0.338 e. The maximum absolute atomic E-state index is 12.2. The molecule has 23 heavy (non-hydrogen) atoms. The maximum atomic E-state index is 12.2. The minimum absolute atomic E-state index is 0.159. The summed E-state index contributed by atoms with van der Waals surface area (Å²) in [4.78, 5) is 24.1. The van der Waals surface area contributed by atoms with E-state index in [0.29, 0.717) is 17.0 Å². The van der Waals surface area contributed by atoms with Gasteiger partial charge in [0.05, 0.1) is 11.1 Å². The van der Waals surface area contributed by atoms with E-state index in [1.165, 1.54) is 0 Å². The summed E-state index contributed by atoms with van der Waals surface area (Å²) in [5.41, 5.74) is 0.303. The van der Waals surface area contributed by atoms with Crippen molar-refractivity contribution >= 4 is 11.9 Å². The molecule has 0 radical (unpaired) electrons. The van der Waals surface area contributed by atoms with E-state index in [0.717, 1.165) is 0 Å². The Morgan fingerprint density at radius 2 is 1.30 bits per heavy atom. The number of rotatable bonds is 5. The Labute approximate surface area is 139 Å². The average Bonchev–Trinajstić information content (AvgIpc) is 2.44. The summed E-state index contributed by atoms with van der Waals surface area (Å²) in [6.45, 7) is 13.6. The van der Waals surface area contributed by atoms with Crippen LogP contribution in [-0.2, 0) is 9.47 Å². The first kappa shape index (κ1) is 19.2. The van der Waals surface area contributed by atoms with Gasteiger partial charge in [0, 0.05) is 0 Å². The van der Waals surface area contributed by atoms with Crippen LogP contribution in [0.25, 0.3) is 0 Å². The van der Waals surface area contributed by atoms with Crippen molar-refractivity contribution in [3.05, 3.63) is 35.4 Å². The second-order valence-electron chi connectivity index (χ2n) is 7.29. The molecule has 0 bridgehead atoms. The van der Waals surface area contributed by atoms with Gasteiger partial charge in [0.25, 0.3) is 0 Å². The van der Waals surface area contributed by atoms with Gasteiger partial charge in [-0.15, -0.1) is 0 Å². The highest BCUT2D eigenvalue weighted by Crippen LogP contribution is 2.19. The summed E-state index contributed by atoms with van der Waals surface area (Å²) in [5, 5.41) is 0. The predicted octanol–water partition coefficient (Wildman–Crippen LogP) is 4.48. The van der Waals surface area contributed by atoms with E-state index in [-0.39, 0.29) is 18.0 Å². The van der Waals surface area contributed by atoms with E-state index in [1.54, 1.807) is 24.3 Å². The molecule has 4 nitrogen and oxygen atoms in total. The molecule has 0 saturated heterocycles. The third kappa shape index (κ3) is 6.05. The Bertz CT molecular complexity index is 537. The van der Waals surface area contributed by atoms with Crippen molar-refractivity contribution < 1.29 is 19.1 Å². The third-order valence-electron chi connectivity index (χ3n) is 3.84. The molecule has 0 saturated carbocycles. The zero-order valence-electron chi connectivity index (χ0n) is 15.2. The highest BCUT2D eigenvalue weighted by Gasteiger charge is 2.21. The van der Waals surface area contributed by atoms with E-state index in [9.17, 15) is 9.59 Å². The Balaban J connectivity index is 2.73. The van der Waals surface area contributed by atoms with Crippen LogP contribution in [0.1, 0.15) is 69.2 Å². The quantitative estimate of drug-likeness (QED) is 0.751. The fourth-order valence-electron chi connectivity index (χ4n) is 1.97. The van der Waals surface area contributed by atoms with Crippen molar-refractivity contribution in [2.75, 3.05) is 0 Å². The largest absolute Gasteiger partial charge is 0.459 e. The summed E-state index contributed by atoms with van der Waals surface area (Å²) in [6.07, 6.45) is -0.159. The molecule has 0 aliphatic heterocycles. The highest BCUT2D eigenvalue weighted by molar-refractivity contribution is 5.93. The SMILES string of the molecule is CC(C)C(C)C(C)OC(=O)c1ccc(C(=O)OC(C)(C)C)cc1. The van der Waals surface area contributed by atoms with Crippen LogP contribution in [0.5, 0.6) is 0 Å². The van der Waals surface area contributed by atoms with E-state index in [2.05, 4.69) is 20.8 Å². The van der Waals surface area contributed by atoms with Gasteiger partial charge in [-0.1, -0.05) is 20.8 Å². The Hall–Kier alpha value is -1.84. The highest BCUT2D eigenvalue weighted by atomic mass is 16.6. The molecule has 0 fully saturated rings. The number of carbonyl (C=O) groups excluding carboxylic acids is 2. The van der Waals surface area contributed by atoms with Crippen LogP contribution in [0.4, 0.5) is 0 Å². The molecular weight excluding hydrogens is 292 g/mol. The number of hydrogen-bond acceptors (Lipinski definition) is 4. The van der Waals surface area contributed by atoms with E-state index < -0.39 is 11.6 Å². The summed E-state index contributed by atoms with van der Waals surface area (Å²) >= 11 is 0. The standard InChI is InChI=1S/C19H28O4/c1-12(2)13(3)14(4)22-17(20)15-8-10-16(11-9-15)18(21)23-19(5,6)7/h8-14H,1-7H3. The second-order valence-corrected chi connectivity index (χ2v) is 7.29. The van der Waals surface area contributed by atoms with E-state index >= 15 is 0 Å². The molecule has 2 unspecified atom stereocenters. The Morgan fingerprint density at radius 1 is 0.870 bits per heavy atom. The number of esters is 2. The number of hydrogen-bond donors (Lipinski definition) is 0. The first-order chi connectivity index (χ1) is 10.5. The lowest BCUT2D eigenvalue weighted by atomic mass is 9.93. The van der Waals surface area contributed by atoms with Crippen LogP contribution in [0.2, 0.25) is 0 Å². The van der Waals surface area contributed by atoms with Crippen molar-refractivity contribution in [1.82, 2.24) is 0 Å². The summed E-state index contributed by atoms with van der Waals surface area (Å²) in [5.74, 6) is -0.0627. The molecule has 1 rings (SSSR count). The van der Waals surface area contributed by atoms with Gasteiger partial charge in [-0.2, -0.15) is 0 Å². The normalized spacial score (nSPS) is 14.3. The van der Waals surface area contributed by atoms with E-state index in [4.69, 9.17) is 9.47 Å². The van der Waals surface area contributed by atoms with Gasteiger partial charge in [-0.25, -0.2) is 9.59 Å². The molecule has 128 valence electrons. The minimum Gasteiger partial charge on any atom is -0.459 e. The Kier molecular flexibility index (Phi) is 6.37. The van der Waals surface area contributed by atoms with Gasteiger partial charge < -0.3 is 9.47 Å². The van der Waals surface area contributed by atoms with Gasteiger partial charge in [0.2, 0.25) is 0 Å². The Morgan fingerprint density at radius 3 is 1.70 bits per heavy atom. The molecule has 0 heterocycles. The van der Waals surface area contributed by atoms with Gasteiger partial charge in [-0.05, 0) is 63.8 Å². The van der Waals surface area contributed by atoms with Crippen molar-refractivity contribution in [3.8, 4) is 0 Å². The summed E-state index contributed by atoms with van der Waals surface area (Å²) in [6, 6.07) is 6.35. The summed E-state index contributed by atoms with van der Waals surface area (Å²) < 4.78 is 10.8. The molecule has 0 aliphatic rings. The fraction of sp³-hybridized carbons (Fsp3) is 0.579. The monoisotopic (exact) mass is 320 g/mol. The first-order valence-electron chi connectivity index (χ1n) is 8.05. The molecule has 0 aromatic heterocycles. The van der Waals surface area contributed by atoms with Gasteiger partial charge >= 0.3 is 11.9 Å². The van der Waals surface area contributed by atoms with Crippen LogP contribution in [-0.4, -0.2) is 23.6 Å². The zero-order valence-corrected chi connectivity index (χ0v) is 15.2. The van der Waals surface area contributed by atoms with Crippen LogP contribution in [0.15, 0.2) is 24.3 Å². The summed E-state index contributed by atoms with van der Waals surface area (Å²) in [7, 11) is 0. The zero-order chi connectivity index (χ0) is 17.8. The lowest BCUT2D eigenvalue weighted by Crippen LogP contribution is -2.26. The maximum Gasteiger partial charge on any atom is 0.338 e.